The Balaban J connectivity index is 2.06. The highest BCUT2D eigenvalue weighted by Gasteiger charge is 2.05. The van der Waals surface area contributed by atoms with Crippen LogP contribution in [-0.2, 0) is 6.42 Å². The molecule has 0 amide bonds. The topological polar surface area (TPSA) is 28.7 Å². The number of nitrogens with one attached hydrogen (secondary N) is 1. The molecule has 0 fully saturated rings. The van der Waals surface area contributed by atoms with E-state index in [2.05, 4.69) is 52.9 Å². The summed E-state index contributed by atoms with van der Waals surface area (Å²) in [7, 11) is 0. The first kappa shape index (κ1) is 11.4. The summed E-state index contributed by atoms with van der Waals surface area (Å²) in [5, 5.41) is 0. The highest BCUT2D eigenvalue weighted by molar-refractivity contribution is 7.80. The van der Waals surface area contributed by atoms with Gasteiger partial charge in [0.25, 0.3) is 0 Å². The normalized spacial score (nSPS) is 10.9. The molecule has 0 saturated heterocycles. The van der Waals surface area contributed by atoms with Crippen molar-refractivity contribution in [1.29, 1.82) is 0 Å². The molecule has 0 aliphatic heterocycles. The number of aromatic nitrogens is 2. The second-order valence-corrected chi connectivity index (χ2v) is 4.72. The summed E-state index contributed by atoms with van der Waals surface area (Å²) in [6.07, 6.45) is 0.985. The van der Waals surface area contributed by atoms with E-state index in [4.69, 9.17) is 0 Å². The molecule has 0 radical (unpaired) electrons. The quantitative estimate of drug-likeness (QED) is 0.685. The van der Waals surface area contributed by atoms with Crippen LogP contribution >= 0.6 is 12.6 Å². The molecule has 90 valence electrons. The number of H-pyrrole nitrogens is 1. The molecule has 3 rings (SSSR count). The maximum atomic E-state index is 4.61. The van der Waals surface area contributed by atoms with Crippen molar-refractivity contribution in [2.75, 3.05) is 5.75 Å². The molecule has 2 aromatic carbocycles. The maximum absolute atomic E-state index is 4.61. The summed E-state index contributed by atoms with van der Waals surface area (Å²) in [6.45, 7) is 0. The van der Waals surface area contributed by atoms with Crippen molar-refractivity contribution in [3.8, 4) is 11.4 Å². The summed E-state index contributed by atoms with van der Waals surface area (Å²) in [5.41, 5.74) is 4.51. The molecule has 0 saturated carbocycles. The van der Waals surface area contributed by atoms with Gasteiger partial charge in [0.05, 0.1) is 11.0 Å². The lowest BCUT2D eigenvalue weighted by molar-refractivity contribution is 1.17. The number of benzene rings is 2. The lowest BCUT2D eigenvalue weighted by Crippen LogP contribution is -1.85. The van der Waals surface area contributed by atoms with Gasteiger partial charge in [0, 0.05) is 5.56 Å². The van der Waals surface area contributed by atoms with Gasteiger partial charge in [-0.3, -0.25) is 0 Å². The summed E-state index contributed by atoms with van der Waals surface area (Å²) < 4.78 is 0. The van der Waals surface area contributed by atoms with Crippen molar-refractivity contribution in [3.05, 3.63) is 54.1 Å². The molecular formula is C15H14N2S. The van der Waals surface area contributed by atoms with Gasteiger partial charge < -0.3 is 4.98 Å². The van der Waals surface area contributed by atoms with E-state index in [1.54, 1.807) is 0 Å². The number of imidazole rings is 1. The van der Waals surface area contributed by atoms with Crippen molar-refractivity contribution in [2.24, 2.45) is 0 Å². The van der Waals surface area contributed by atoms with Gasteiger partial charge in [-0.15, -0.1) is 0 Å². The lowest BCUT2D eigenvalue weighted by atomic mass is 10.1. The predicted molar refractivity (Wildman–Crippen MR) is 79.1 cm³/mol. The zero-order chi connectivity index (χ0) is 12.4. The molecular weight excluding hydrogens is 240 g/mol. The minimum atomic E-state index is 0.866. The minimum absolute atomic E-state index is 0.866. The smallest absolute Gasteiger partial charge is 0.138 e. The first-order valence-corrected chi connectivity index (χ1v) is 6.65. The first-order chi connectivity index (χ1) is 8.86. The number of thiol groups is 1. The van der Waals surface area contributed by atoms with Crippen LogP contribution in [0.2, 0.25) is 0 Å². The van der Waals surface area contributed by atoms with E-state index in [0.717, 1.165) is 34.6 Å². The average Bonchev–Trinajstić information content (AvgIpc) is 2.83. The number of fused-ring (bicyclic) bond motifs is 1. The van der Waals surface area contributed by atoms with Gasteiger partial charge >= 0.3 is 0 Å². The largest absolute Gasteiger partial charge is 0.338 e. The van der Waals surface area contributed by atoms with Gasteiger partial charge in [0.2, 0.25) is 0 Å². The Morgan fingerprint density at radius 3 is 2.67 bits per heavy atom. The molecule has 18 heavy (non-hydrogen) atoms. The highest BCUT2D eigenvalue weighted by atomic mass is 32.1. The molecule has 0 atom stereocenters. The summed E-state index contributed by atoms with van der Waals surface area (Å²) in [5.74, 6) is 1.79. The zero-order valence-electron chi connectivity index (χ0n) is 9.93. The van der Waals surface area contributed by atoms with Crippen LogP contribution in [-0.4, -0.2) is 15.7 Å². The van der Waals surface area contributed by atoms with Gasteiger partial charge in [-0.1, -0.05) is 36.4 Å². The molecule has 0 aliphatic carbocycles. The third-order valence-electron chi connectivity index (χ3n) is 2.99. The Morgan fingerprint density at radius 2 is 1.89 bits per heavy atom. The predicted octanol–water partition coefficient (Wildman–Crippen LogP) is 3.70. The maximum Gasteiger partial charge on any atom is 0.138 e. The monoisotopic (exact) mass is 254 g/mol. The fourth-order valence-corrected chi connectivity index (χ4v) is 2.33. The molecule has 3 aromatic rings. The van der Waals surface area contributed by atoms with Crippen molar-refractivity contribution in [1.82, 2.24) is 9.97 Å². The van der Waals surface area contributed by atoms with E-state index in [1.807, 2.05) is 18.2 Å². The number of hydrogen-bond acceptors (Lipinski definition) is 2. The lowest BCUT2D eigenvalue weighted by Gasteiger charge is -1.96. The van der Waals surface area contributed by atoms with Gasteiger partial charge in [-0.25, -0.2) is 4.98 Å². The molecule has 1 aromatic heterocycles. The molecule has 1 N–H and O–H groups in total. The van der Waals surface area contributed by atoms with Crippen molar-refractivity contribution in [2.45, 2.75) is 6.42 Å². The Hall–Kier alpha value is -1.74. The number of hydrogen-bond donors (Lipinski definition) is 2. The zero-order valence-corrected chi connectivity index (χ0v) is 10.8. The third-order valence-corrected chi connectivity index (χ3v) is 3.22. The van der Waals surface area contributed by atoms with Crippen molar-refractivity contribution < 1.29 is 0 Å². The van der Waals surface area contributed by atoms with E-state index in [0.29, 0.717) is 0 Å². The molecule has 0 unspecified atom stereocenters. The standard InChI is InChI=1S/C15H14N2S/c18-9-8-11-6-7-13-14(10-11)17-15(16-13)12-4-2-1-3-5-12/h1-7,10,18H,8-9H2,(H,16,17). The number of nitrogens with zero attached hydrogens (tertiary/aromatic N) is 1. The van der Waals surface area contributed by atoms with Crippen LogP contribution in [0, 0.1) is 0 Å². The summed E-state index contributed by atoms with van der Waals surface area (Å²) >= 11 is 4.26. The highest BCUT2D eigenvalue weighted by Crippen LogP contribution is 2.21. The van der Waals surface area contributed by atoms with E-state index >= 15 is 0 Å². The van der Waals surface area contributed by atoms with Gasteiger partial charge in [-0.2, -0.15) is 12.6 Å². The molecule has 2 nitrogen and oxygen atoms in total. The Bertz CT molecular complexity index is 659. The number of rotatable bonds is 3. The molecule has 0 bridgehead atoms. The summed E-state index contributed by atoms with van der Waals surface area (Å²) in [4.78, 5) is 7.98. The van der Waals surface area contributed by atoms with Gasteiger partial charge in [-0.05, 0) is 29.9 Å². The molecule has 0 aliphatic rings. The van der Waals surface area contributed by atoms with E-state index < -0.39 is 0 Å². The van der Waals surface area contributed by atoms with Crippen LogP contribution in [0.1, 0.15) is 5.56 Å². The van der Waals surface area contributed by atoms with E-state index in [-0.39, 0.29) is 0 Å². The third kappa shape index (κ3) is 2.14. The van der Waals surface area contributed by atoms with Crippen LogP contribution in [0.3, 0.4) is 0 Å². The number of aromatic amines is 1. The number of aryl methyl sites for hydroxylation is 1. The molecule has 3 heteroatoms. The Labute approximate surface area is 111 Å². The SMILES string of the molecule is SCCc1ccc2nc(-c3ccccc3)[nH]c2c1. The fraction of sp³-hybridized carbons (Fsp3) is 0.133. The minimum Gasteiger partial charge on any atom is -0.338 e. The Kier molecular flexibility index (Phi) is 3.07. The summed E-state index contributed by atoms with van der Waals surface area (Å²) in [6, 6.07) is 16.5. The first-order valence-electron chi connectivity index (χ1n) is 6.02. The van der Waals surface area contributed by atoms with E-state index in [9.17, 15) is 0 Å². The second-order valence-electron chi connectivity index (χ2n) is 4.28. The van der Waals surface area contributed by atoms with E-state index in [1.165, 1.54) is 5.56 Å². The molecule has 1 heterocycles. The molecule has 0 spiro atoms. The van der Waals surface area contributed by atoms with Crippen LogP contribution in [0.25, 0.3) is 22.4 Å². The van der Waals surface area contributed by atoms with Crippen LogP contribution < -0.4 is 0 Å². The van der Waals surface area contributed by atoms with Crippen molar-refractivity contribution >= 4 is 23.7 Å². The van der Waals surface area contributed by atoms with Crippen LogP contribution in [0.4, 0.5) is 0 Å². The van der Waals surface area contributed by atoms with Gasteiger partial charge in [0.1, 0.15) is 5.82 Å². The fourth-order valence-electron chi connectivity index (χ4n) is 2.07. The van der Waals surface area contributed by atoms with Crippen molar-refractivity contribution in [3.63, 3.8) is 0 Å². The second kappa shape index (κ2) is 4.86. The van der Waals surface area contributed by atoms with Crippen LogP contribution in [0.15, 0.2) is 48.5 Å². The van der Waals surface area contributed by atoms with Crippen LogP contribution in [0.5, 0.6) is 0 Å². The Morgan fingerprint density at radius 1 is 1.06 bits per heavy atom. The van der Waals surface area contributed by atoms with Gasteiger partial charge in [0.15, 0.2) is 0 Å². The average molecular weight is 254 g/mol.